The molecule has 6 heteroatoms. The van der Waals surface area contributed by atoms with Gasteiger partial charge >= 0.3 is 11.9 Å². The molecule has 0 atom stereocenters. The number of carbonyl (C=O) groups excluding carboxylic acids is 2. The zero-order chi connectivity index (χ0) is 15.4. The highest BCUT2D eigenvalue weighted by Gasteiger charge is 2.09. The summed E-state index contributed by atoms with van der Waals surface area (Å²) in [6.45, 7) is 3.90. The third kappa shape index (κ3) is 6.86. The fourth-order valence-electron chi connectivity index (χ4n) is 1.17. The fraction of sp³-hybridized carbons (Fsp3) is 0.429. The summed E-state index contributed by atoms with van der Waals surface area (Å²) in [5.41, 5.74) is 0.852. The molecular formula is C14H20O6. The Morgan fingerprint density at radius 3 is 1.35 bits per heavy atom. The maximum atomic E-state index is 11.3. The van der Waals surface area contributed by atoms with E-state index in [0.717, 1.165) is 0 Å². The van der Waals surface area contributed by atoms with Crippen molar-refractivity contribution in [1.29, 1.82) is 0 Å². The molecule has 112 valence electrons. The Bertz CT molecular complexity index is 360. The summed E-state index contributed by atoms with van der Waals surface area (Å²) in [5, 5.41) is 15.2. The quantitative estimate of drug-likeness (QED) is 0.784. The molecular weight excluding hydrogens is 264 g/mol. The molecule has 0 aliphatic heterocycles. The van der Waals surface area contributed by atoms with Crippen molar-refractivity contribution in [3.8, 4) is 0 Å². The molecule has 0 unspecified atom stereocenters. The SMILES string of the molecule is CCOC(=O)c1ccc(C(=O)OCC)cc1.OCCO. The van der Waals surface area contributed by atoms with E-state index in [1.807, 2.05) is 0 Å². The van der Waals surface area contributed by atoms with Crippen LogP contribution in [0.4, 0.5) is 0 Å². The van der Waals surface area contributed by atoms with Crippen LogP contribution in [0.3, 0.4) is 0 Å². The van der Waals surface area contributed by atoms with Gasteiger partial charge in [-0.1, -0.05) is 0 Å². The summed E-state index contributed by atoms with van der Waals surface area (Å²) in [6.07, 6.45) is 0. The summed E-state index contributed by atoms with van der Waals surface area (Å²) >= 11 is 0. The van der Waals surface area contributed by atoms with Crippen LogP contribution in [0.15, 0.2) is 24.3 Å². The summed E-state index contributed by atoms with van der Waals surface area (Å²) in [7, 11) is 0. The van der Waals surface area contributed by atoms with Crippen molar-refractivity contribution >= 4 is 11.9 Å². The lowest BCUT2D eigenvalue weighted by atomic mass is 10.1. The van der Waals surface area contributed by atoms with E-state index in [0.29, 0.717) is 24.3 Å². The van der Waals surface area contributed by atoms with Crippen molar-refractivity contribution in [3.63, 3.8) is 0 Å². The zero-order valence-electron chi connectivity index (χ0n) is 11.7. The number of rotatable bonds is 5. The summed E-state index contributed by atoms with van der Waals surface area (Å²) in [4.78, 5) is 22.6. The predicted octanol–water partition coefficient (Wildman–Crippen LogP) is 1.01. The second-order valence-electron chi connectivity index (χ2n) is 3.47. The van der Waals surface area contributed by atoms with Crippen LogP contribution < -0.4 is 0 Å². The average Bonchev–Trinajstić information content (AvgIpc) is 2.48. The van der Waals surface area contributed by atoms with Gasteiger partial charge in [-0.25, -0.2) is 9.59 Å². The van der Waals surface area contributed by atoms with E-state index in [2.05, 4.69) is 0 Å². The number of aliphatic hydroxyl groups is 2. The van der Waals surface area contributed by atoms with Gasteiger partial charge in [-0.05, 0) is 38.1 Å². The van der Waals surface area contributed by atoms with E-state index in [9.17, 15) is 9.59 Å². The first-order chi connectivity index (χ1) is 9.60. The van der Waals surface area contributed by atoms with Crippen molar-refractivity contribution in [1.82, 2.24) is 0 Å². The lowest BCUT2D eigenvalue weighted by molar-refractivity contribution is 0.0511. The van der Waals surface area contributed by atoms with Gasteiger partial charge in [-0.2, -0.15) is 0 Å². The van der Waals surface area contributed by atoms with Crippen molar-refractivity contribution in [2.24, 2.45) is 0 Å². The first kappa shape index (κ1) is 18.1. The van der Waals surface area contributed by atoms with Crippen LogP contribution in [0.25, 0.3) is 0 Å². The smallest absolute Gasteiger partial charge is 0.338 e. The second kappa shape index (κ2) is 11.0. The molecule has 1 rings (SSSR count). The number of hydrogen-bond donors (Lipinski definition) is 2. The van der Waals surface area contributed by atoms with Gasteiger partial charge in [0, 0.05) is 0 Å². The van der Waals surface area contributed by atoms with Crippen molar-refractivity contribution in [3.05, 3.63) is 35.4 Å². The van der Waals surface area contributed by atoms with E-state index < -0.39 is 11.9 Å². The van der Waals surface area contributed by atoms with E-state index in [-0.39, 0.29) is 13.2 Å². The molecule has 6 nitrogen and oxygen atoms in total. The number of aliphatic hydroxyl groups excluding tert-OH is 2. The van der Waals surface area contributed by atoms with Gasteiger partial charge in [0.25, 0.3) is 0 Å². The lowest BCUT2D eigenvalue weighted by Crippen LogP contribution is -2.07. The number of esters is 2. The van der Waals surface area contributed by atoms with Gasteiger partial charge in [0.2, 0.25) is 0 Å². The molecule has 0 heterocycles. The molecule has 0 aliphatic rings. The number of carbonyl (C=O) groups is 2. The van der Waals surface area contributed by atoms with E-state index in [1.54, 1.807) is 38.1 Å². The van der Waals surface area contributed by atoms with Crippen LogP contribution in [-0.2, 0) is 9.47 Å². The number of ether oxygens (including phenoxy) is 2. The lowest BCUT2D eigenvalue weighted by Gasteiger charge is -2.03. The molecule has 0 spiro atoms. The molecule has 0 amide bonds. The fourth-order valence-corrected chi connectivity index (χ4v) is 1.17. The Morgan fingerprint density at radius 1 is 0.850 bits per heavy atom. The third-order valence-electron chi connectivity index (χ3n) is 2.01. The van der Waals surface area contributed by atoms with Crippen molar-refractivity contribution < 1.29 is 29.3 Å². The van der Waals surface area contributed by atoms with Crippen LogP contribution in [0.2, 0.25) is 0 Å². The highest BCUT2D eigenvalue weighted by Crippen LogP contribution is 2.07. The van der Waals surface area contributed by atoms with E-state index >= 15 is 0 Å². The van der Waals surface area contributed by atoms with Crippen molar-refractivity contribution in [2.75, 3.05) is 26.4 Å². The van der Waals surface area contributed by atoms with Gasteiger partial charge in [-0.3, -0.25) is 0 Å². The Labute approximate surface area is 117 Å². The standard InChI is InChI=1S/C12H14O4.C2H6O2/c1-3-15-11(13)9-5-7-10(8-6-9)12(14)16-4-2;3-1-2-4/h5-8H,3-4H2,1-2H3;3-4H,1-2H2. The predicted molar refractivity (Wildman–Crippen MR) is 72.5 cm³/mol. The highest BCUT2D eigenvalue weighted by molar-refractivity contribution is 5.93. The van der Waals surface area contributed by atoms with Gasteiger partial charge in [0.05, 0.1) is 37.6 Å². The minimum Gasteiger partial charge on any atom is -0.462 e. The molecule has 0 aromatic heterocycles. The molecule has 0 fully saturated rings. The molecule has 0 aliphatic carbocycles. The Hall–Kier alpha value is -1.92. The van der Waals surface area contributed by atoms with Crippen LogP contribution >= 0.6 is 0 Å². The maximum absolute atomic E-state index is 11.3. The number of hydrogen-bond acceptors (Lipinski definition) is 6. The van der Waals surface area contributed by atoms with Crippen LogP contribution in [0.1, 0.15) is 34.6 Å². The van der Waals surface area contributed by atoms with Gasteiger partial charge in [0.15, 0.2) is 0 Å². The first-order valence-corrected chi connectivity index (χ1v) is 6.26. The summed E-state index contributed by atoms with van der Waals surface area (Å²) in [5.74, 6) is -0.782. The van der Waals surface area contributed by atoms with Crippen LogP contribution in [0.5, 0.6) is 0 Å². The molecule has 0 radical (unpaired) electrons. The van der Waals surface area contributed by atoms with Crippen LogP contribution in [0, 0.1) is 0 Å². The average molecular weight is 284 g/mol. The summed E-state index contributed by atoms with van der Waals surface area (Å²) < 4.78 is 9.64. The third-order valence-corrected chi connectivity index (χ3v) is 2.01. The monoisotopic (exact) mass is 284 g/mol. The minimum atomic E-state index is -0.391. The van der Waals surface area contributed by atoms with Gasteiger partial charge < -0.3 is 19.7 Å². The molecule has 1 aromatic carbocycles. The first-order valence-electron chi connectivity index (χ1n) is 6.26. The number of benzene rings is 1. The minimum absolute atomic E-state index is 0.125. The maximum Gasteiger partial charge on any atom is 0.338 e. The normalized spacial score (nSPS) is 9.20. The van der Waals surface area contributed by atoms with Crippen LogP contribution in [-0.4, -0.2) is 48.6 Å². The molecule has 0 saturated heterocycles. The molecule has 20 heavy (non-hydrogen) atoms. The molecule has 0 saturated carbocycles. The Balaban J connectivity index is 0.000000796. The summed E-state index contributed by atoms with van der Waals surface area (Å²) in [6, 6.07) is 6.18. The second-order valence-corrected chi connectivity index (χ2v) is 3.47. The molecule has 2 N–H and O–H groups in total. The van der Waals surface area contributed by atoms with E-state index in [4.69, 9.17) is 19.7 Å². The zero-order valence-corrected chi connectivity index (χ0v) is 11.7. The topological polar surface area (TPSA) is 93.1 Å². The van der Waals surface area contributed by atoms with Crippen molar-refractivity contribution in [2.45, 2.75) is 13.8 Å². The molecule has 1 aromatic rings. The largest absolute Gasteiger partial charge is 0.462 e. The Morgan fingerprint density at radius 2 is 1.15 bits per heavy atom. The van der Waals surface area contributed by atoms with E-state index in [1.165, 1.54) is 0 Å². The van der Waals surface area contributed by atoms with Gasteiger partial charge in [-0.15, -0.1) is 0 Å². The Kier molecular flexibility index (Phi) is 9.90. The molecule has 0 bridgehead atoms. The van der Waals surface area contributed by atoms with Gasteiger partial charge in [0.1, 0.15) is 0 Å². The highest BCUT2D eigenvalue weighted by atomic mass is 16.5.